The molecule has 88 heavy (non-hydrogen) atoms. The average molecular weight is 1170 g/mol. The van der Waals surface area contributed by atoms with E-state index in [4.69, 9.17) is 0 Å². The Balaban J connectivity index is 0.732. The highest BCUT2D eigenvalue weighted by Gasteiger charge is 2.45. The van der Waals surface area contributed by atoms with Gasteiger partial charge >= 0.3 is 0 Å². The van der Waals surface area contributed by atoms with E-state index in [0.717, 1.165) is 66.8 Å². The highest BCUT2D eigenvalue weighted by atomic mass is 16.2. The summed E-state index contributed by atoms with van der Waals surface area (Å²) in [6.07, 6.45) is 2.32. The van der Waals surface area contributed by atoms with Gasteiger partial charge in [-0.1, -0.05) is 218 Å². The molecule has 2 fully saturated rings. The van der Waals surface area contributed by atoms with Crippen LogP contribution in [-0.2, 0) is 44.9 Å². The lowest BCUT2D eigenvalue weighted by molar-refractivity contribution is -0.132. The van der Waals surface area contributed by atoms with Gasteiger partial charge in [0.15, 0.2) is 0 Å². The first-order chi connectivity index (χ1) is 43.1. The van der Waals surface area contributed by atoms with Gasteiger partial charge in [0.25, 0.3) is 11.8 Å². The zero-order valence-electron chi connectivity index (χ0n) is 49.2. The van der Waals surface area contributed by atoms with E-state index in [2.05, 4.69) is 167 Å². The van der Waals surface area contributed by atoms with E-state index in [-0.39, 0.29) is 72.7 Å². The second-order valence-electron chi connectivity index (χ2n) is 22.8. The molecule has 9 aromatic carbocycles. The van der Waals surface area contributed by atoms with Crippen LogP contribution in [0.15, 0.2) is 243 Å². The molecule has 12 nitrogen and oxygen atoms in total. The number of nitrogens with zero attached hydrogens (tertiary/aromatic N) is 2. The van der Waals surface area contributed by atoms with Crippen molar-refractivity contribution in [3.63, 3.8) is 0 Å². The summed E-state index contributed by atoms with van der Waals surface area (Å²) >= 11 is 0. The van der Waals surface area contributed by atoms with Crippen molar-refractivity contribution in [2.24, 2.45) is 23.7 Å². The largest absolute Gasteiger partial charge is 0.355 e. The van der Waals surface area contributed by atoms with Gasteiger partial charge in [0, 0.05) is 63.5 Å². The summed E-state index contributed by atoms with van der Waals surface area (Å²) in [5.41, 5.74) is 13.7. The van der Waals surface area contributed by atoms with E-state index >= 15 is 0 Å². The molecule has 6 amide bonds. The van der Waals surface area contributed by atoms with Gasteiger partial charge in [-0.3, -0.25) is 28.8 Å². The van der Waals surface area contributed by atoms with Crippen LogP contribution in [0.4, 0.5) is 0 Å². The number of nitrogens with one attached hydrogen (secondary N) is 4. The SMILES string of the molecule is O=C(NCCc1ccc(-c2ccccc2)cc1)[C@@H]1CN(C(=O)c2ccc(C(=O)N3C[C@@H](C(=O)NCCc4ccc(-c5ccccc5)cc4)[C@H](C(=O)NCCc4ccc(-c5ccccc5)cc4)C3)cc2)C[C@H]1C(=O)NCCc1ccc(-c2ccccc2)cc1. The molecule has 0 saturated carbocycles. The monoisotopic (exact) mass is 1160 g/mol. The van der Waals surface area contributed by atoms with Crippen molar-refractivity contribution in [1.29, 1.82) is 0 Å². The Kier molecular flexibility index (Phi) is 19.5. The maximum Gasteiger partial charge on any atom is 0.253 e. The molecule has 9 aromatic rings. The fourth-order valence-electron chi connectivity index (χ4n) is 11.9. The molecule has 4 atom stereocenters. The molecule has 442 valence electrons. The van der Waals surface area contributed by atoms with Gasteiger partial charge in [0.05, 0.1) is 23.7 Å². The third-order valence-electron chi connectivity index (χ3n) is 17.0. The minimum atomic E-state index is -0.807. The first-order valence-corrected chi connectivity index (χ1v) is 30.5. The van der Waals surface area contributed by atoms with E-state index in [1.807, 2.05) is 72.8 Å². The second kappa shape index (κ2) is 28.8. The van der Waals surface area contributed by atoms with Crippen molar-refractivity contribution in [3.05, 3.63) is 276 Å². The zero-order valence-corrected chi connectivity index (χ0v) is 49.2. The maximum absolute atomic E-state index is 14.4. The Labute approximate surface area is 515 Å². The topological polar surface area (TPSA) is 157 Å². The zero-order chi connectivity index (χ0) is 60.6. The fraction of sp³-hybridized carbons (Fsp3) is 0.211. The van der Waals surface area contributed by atoms with Crippen molar-refractivity contribution >= 4 is 35.4 Å². The summed E-state index contributed by atoms with van der Waals surface area (Å²) in [5.74, 6) is -5.20. The van der Waals surface area contributed by atoms with Crippen molar-refractivity contribution in [2.75, 3.05) is 52.4 Å². The molecular formula is C76H72N6O6. The van der Waals surface area contributed by atoms with Gasteiger partial charge in [-0.2, -0.15) is 0 Å². The van der Waals surface area contributed by atoms with Crippen LogP contribution in [-0.4, -0.2) is 97.6 Å². The van der Waals surface area contributed by atoms with Gasteiger partial charge in [-0.05, 0) is 117 Å². The van der Waals surface area contributed by atoms with Crippen molar-refractivity contribution in [1.82, 2.24) is 31.1 Å². The molecule has 2 heterocycles. The predicted octanol–water partition coefficient (Wildman–Crippen LogP) is 11.2. The molecule has 2 aliphatic heterocycles. The molecular weight excluding hydrogens is 1090 g/mol. The van der Waals surface area contributed by atoms with E-state index < -0.39 is 23.7 Å². The lowest BCUT2D eigenvalue weighted by Crippen LogP contribution is -2.42. The van der Waals surface area contributed by atoms with Crippen molar-refractivity contribution in [3.8, 4) is 44.5 Å². The standard InChI is InChI=1S/C76H72N6O6/c83-71(77-45-41-53-21-29-61(30-22-53)57-13-5-1-6-14-57)67-49-81(50-68(67)72(84)78-46-42-54-23-31-62(32-24-54)58-15-7-2-8-16-58)75(87)65-37-39-66(40-38-65)76(88)82-51-69(73(85)79-47-43-55-25-33-63(34-26-55)59-17-9-3-10-18-59)70(52-82)74(86)80-48-44-56-27-35-64(36-28-56)60-19-11-4-12-20-60/h1-40,67-70H,41-52H2,(H,77,83)(H,78,84)(H,79,85)(H,80,86)/t67-,68-,69-,70-/m1/s1. The van der Waals surface area contributed by atoms with Crippen LogP contribution in [0.2, 0.25) is 0 Å². The van der Waals surface area contributed by atoms with Crippen LogP contribution in [0.5, 0.6) is 0 Å². The third-order valence-corrected chi connectivity index (χ3v) is 17.0. The summed E-state index contributed by atoms with van der Waals surface area (Å²) in [7, 11) is 0. The molecule has 0 spiro atoms. The first-order valence-electron chi connectivity index (χ1n) is 30.5. The van der Waals surface area contributed by atoms with Gasteiger partial charge in [-0.25, -0.2) is 0 Å². The Morgan fingerprint density at radius 1 is 0.261 bits per heavy atom. The number of benzene rings is 9. The molecule has 4 N–H and O–H groups in total. The Morgan fingerprint density at radius 2 is 0.455 bits per heavy atom. The molecule has 11 rings (SSSR count). The van der Waals surface area contributed by atoms with Crippen LogP contribution in [0.1, 0.15) is 43.0 Å². The van der Waals surface area contributed by atoms with Crippen LogP contribution in [0, 0.1) is 23.7 Å². The quantitative estimate of drug-likeness (QED) is 0.0529. The Morgan fingerprint density at radius 3 is 0.659 bits per heavy atom. The molecule has 0 aliphatic carbocycles. The maximum atomic E-state index is 14.4. The van der Waals surface area contributed by atoms with Crippen molar-refractivity contribution < 1.29 is 28.8 Å². The molecule has 2 aliphatic rings. The normalized spacial score (nSPS) is 16.1. The highest BCUT2D eigenvalue weighted by molar-refractivity contribution is 6.00. The molecule has 0 aromatic heterocycles. The molecule has 0 radical (unpaired) electrons. The minimum Gasteiger partial charge on any atom is -0.355 e. The summed E-state index contributed by atoms with van der Waals surface area (Å²) in [5, 5.41) is 12.3. The second-order valence-corrected chi connectivity index (χ2v) is 22.8. The van der Waals surface area contributed by atoms with Crippen LogP contribution < -0.4 is 21.3 Å². The predicted molar refractivity (Wildman–Crippen MR) is 347 cm³/mol. The fourth-order valence-corrected chi connectivity index (χ4v) is 11.9. The minimum absolute atomic E-state index is 0.0257. The van der Waals surface area contributed by atoms with Gasteiger partial charge in [0.2, 0.25) is 23.6 Å². The molecule has 12 heteroatoms. The summed E-state index contributed by atoms with van der Waals surface area (Å²) in [4.78, 5) is 88.3. The number of hydrogen-bond donors (Lipinski definition) is 4. The number of rotatable bonds is 22. The van der Waals surface area contributed by atoms with Crippen LogP contribution >= 0.6 is 0 Å². The van der Waals surface area contributed by atoms with Crippen LogP contribution in [0.25, 0.3) is 44.5 Å². The number of amides is 6. The van der Waals surface area contributed by atoms with E-state index in [1.165, 1.54) is 0 Å². The van der Waals surface area contributed by atoms with E-state index in [0.29, 0.717) is 51.9 Å². The Bertz CT molecular complexity index is 3340. The summed E-state index contributed by atoms with van der Waals surface area (Å²) in [6, 6.07) is 79.8. The number of hydrogen-bond acceptors (Lipinski definition) is 6. The smallest absolute Gasteiger partial charge is 0.253 e. The van der Waals surface area contributed by atoms with Crippen LogP contribution in [0.3, 0.4) is 0 Å². The lowest BCUT2D eigenvalue weighted by Gasteiger charge is -2.18. The van der Waals surface area contributed by atoms with Gasteiger partial charge in [0.1, 0.15) is 0 Å². The number of carbonyl (C=O) groups excluding carboxylic acids is 6. The summed E-state index contributed by atoms with van der Waals surface area (Å²) in [6.45, 7) is 1.49. The van der Waals surface area contributed by atoms with Gasteiger partial charge in [-0.15, -0.1) is 0 Å². The van der Waals surface area contributed by atoms with E-state index in [9.17, 15) is 28.8 Å². The summed E-state index contributed by atoms with van der Waals surface area (Å²) < 4.78 is 0. The molecule has 2 saturated heterocycles. The Hall–Kier alpha value is -10.2. The number of likely N-dealkylation sites (tertiary alicyclic amines) is 2. The number of carbonyl (C=O) groups is 6. The molecule has 0 bridgehead atoms. The van der Waals surface area contributed by atoms with Crippen molar-refractivity contribution in [2.45, 2.75) is 25.7 Å². The lowest BCUT2D eigenvalue weighted by atomic mass is 9.94. The van der Waals surface area contributed by atoms with Gasteiger partial charge < -0.3 is 31.1 Å². The molecule has 0 unspecified atom stereocenters. The highest BCUT2D eigenvalue weighted by Crippen LogP contribution is 2.30. The first kappa shape index (κ1) is 59.5. The third kappa shape index (κ3) is 15.1. The average Bonchev–Trinajstić information content (AvgIpc) is 4.26. The van der Waals surface area contributed by atoms with E-state index in [1.54, 1.807) is 34.1 Å².